The first kappa shape index (κ1) is 20.6. The number of nitrogens with zero attached hydrogens (tertiary/aromatic N) is 1. The van der Waals surface area contributed by atoms with Crippen molar-refractivity contribution in [2.75, 3.05) is 13.1 Å². The molecule has 2 N–H and O–H groups in total. The van der Waals surface area contributed by atoms with Gasteiger partial charge in [-0.05, 0) is 24.5 Å². The molecule has 2 amide bonds. The largest absolute Gasteiger partial charge is 0.481 e. The van der Waals surface area contributed by atoms with Crippen LogP contribution in [0, 0.1) is 18.8 Å². The van der Waals surface area contributed by atoms with Crippen molar-refractivity contribution in [2.45, 2.75) is 26.3 Å². The summed E-state index contributed by atoms with van der Waals surface area (Å²) in [5.41, 5.74) is 3.09. The van der Waals surface area contributed by atoms with Crippen LogP contribution in [-0.4, -0.2) is 40.9 Å². The number of carbonyl (C=O) groups excluding carboxylic acids is 2. The first-order chi connectivity index (χ1) is 13.9. The second kappa shape index (κ2) is 9.37. The molecule has 0 radical (unpaired) electrons. The van der Waals surface area contributed by atoms with Gasteiger partial charge in [-0.2, -0.15) is 0 Å². The molecule has 1 aliphatic rings. The molecule has 3 rings (SSSR count). The number of amides is 2. The third-order valence-electron chi connectivity index (χ3n) is 5.28. The highest BCUT2D eigenvalue weighted by molar-refractivity contribution is 5.89. The van der Waals surface area contributed by atoms with Gasteiger partial charge in [-0.15, -0.1) is 0 Å². The lowest BCUT2D eigenvalue weighted by Gasteiger charge is -2.18. The van der Waals surface area contributed by atoms with E-state index in [0.29, 0.717) is 19.5 Å². The van der Waals surface area contributed by atoms with E-state index < -0.39 is 17.8 Å². The van der Waals surface area contributed by atoms with Gasteiger partial charge in [0.25, 0.3) is 0 Å². The number of aliphatic carboxylic acids is 1. The Balaban J connectivity index is 1.52. The van der Waals surface area contributed by atoms with E-state index in [2.05, 4.69) is 5.32 Å². The first-order valence-corrected chi connectivity index (χ1v) is 9.80. The molecule has 29 heavy (non-hydrogen) atoms. The van der Waals surface area contributed by atoms with Crippen LogP contribution >= 0.6 is 0 Å². The molecule has 2 aromatic rings. The molecule has 0 bridgehead atoms. The van der Waals surface area contributed by atoms with Crippen molar-refractivity contribution in [1.29, 1.82) is 0 Å². The molecule has 1 heterocycles. The zero-order chi connectivity index (χ0) is 20.8. The lowest BCUT2D eigenvalue weighted by molar-refractivity contribution is -0.141. The Hall–Kier alpha value is -3.15. The average Bonchev–Trinajstić information content (AvgIpc) is 3.07. The van der Waals surface area contributed by atoms with Gasteiger partial charge in [-0.3, -0.25) is 14.4 Å². The van der Waals surface area contributed by atoms with E-state index in [0.717, 1.165) is 16.7 Å². The second-order valence-electron chi connectivity index (χ2n) is 7.63. The number of nitrogens with one attached hydrogen (secondary N) is 1. The molecule has 6 heteroatoms. The van der Waals surface area contributed by atoms with Crippen molar-refractivity contribution in [3.8, 4) is 0 Å². The maximum atomic E-state index is 12.5. The Kier molecular flexibility index (Phi) is 6.65. The minimum absolute atomic E-state index is 0.0473. The van der Waals surface area contributed by atoms with E-state index in [-0.39, 0.29) is 24.8 Å². The lowest BCUT2D eigenvalue weighted by atomic mass is 9.99. The standard InChI is InChI=1S/C23H26N2O4/c1-16-7-9-18(10-8-16)14-25-15-20(12-21(25)26)22(27)24-13-19(23(28)29)11-17-5-3-2-4-6-17/h2-10,19-20H,11-15H2,1H3,(H,24,27)(H,28,29). The van der Waals surface area contributed by atoms with Crippen LogP contribution in [-0.2, 0) is 27.3 Å². The fraction of sp³-hybridized carbons (Fsp3) is 0.348. The number of likely N-dealkylation sites (tertiary alicyclic amines) is 1. The summed E-state index contributed by atoms with van der Waals surface area (Å²) in [6.45, 7) is 2.89. The molecule has 0 aliphatic carbocycles. The zero-order valence-electron chi connectivity index (χ0n) is 16.5. The van der Waals surface area contributed by atoms with Crippen molar-refractivity contribution in [3.05, 3.63) is 71.3 Å². The highest BCUT2D eigenvalue weighted by atomic mass is 16.4. The Bertz CT molecular complexity index is 864. The van der Waals surface area contributed by atoms with Crippen LogP contribution in [0.4, 0.5) is 0 Å². The van der Waals surface area contributed by atoms with Gasteiger partial charge in [0.15, 0.2) is 0 Å². The van der Waals surface area contributed by atoms with Gasteiger partial charge >= 0.3 is 5.97 Å². The normalized spacial score (nSPS) is 17.2. The minimum atomic E-state index is -0.947. The minimum Gasteiger partial charge on any atom is -0.481 e. The van der Waals surface area contributed by atoms with E-state index in [1.54, 1.807) is 4.90 Å². The molecule has 0 spiro atoms. The topological polar surface area (TPSA) is 86.7 Å². The Morgan fingerprint density at radius 1 is 1.10 bits per heavy atom. The molecule has 1 aliphatic heterocycles. The maximum absolute atomic E-state index is 12.5. The fourth-order valence-electron chi connectivity index (χ4n) is 3.53. The van der Waals surface area contributed by atoms with Gasteiger partial charge in [-0.1, -0.05) is 60.2 Å². The van der Waals surface area contributed by atoms with Gasteiger partial charge in [-0.25, -0.2) is 0 Å². The Morgan fingerprint density at radius 2 is 1.79 bits per heavy atom. The van der Waals surface area contributed by atoms with Gasteiger partial charge in [0.1, 0.15) is 0 Å². The molecule has 1 fully saturated rings. The summed E-state index contributed by atoms with van der Waals surface area (Å²) < 4.78 is 0. The molecule has 152 valence electrons. The van der Waals surface area contributed by atoms with Gasteiger partial charge in [0, 0.05) is 26.1 Å². The third kappa shape index (κ3) is 5.67. The van der Waals surface area contributed by atoms with E-state index in [9.17, 15) is 19.5 Å². The summed E-state index contributed by atoms with van der Waals surface area (Å²) in [6.07, 6.45) is 0.508. The van der Waals surface area contributed by atoms with Crippen LogP contribution in [0.5, 0.6) is 0 Å². The zero-order valence-corrected chi connectivity index (χ0v) is 16.5. The van der Waals surface area contributed by atoms with Crippen LogP contribution < -0.4 is 5.32 Å². The van der Waals surface area contributed by atoms with E-state index >= 15 is 0 Å². The summed E-state index contributed by atoms with van der Waals surface area (Å²) in [5.74, 6) is -2.41. The third-order valence-corrected chi connectivity index (χ3v) is 5.28. The molecular formula is C23H26N2O4. The molecule has 2 aromatic carbocycles. The predicted molar refractivity (Wildman–Crippen MR) is 109 cm³/mol. The molecule has 0 saturated carbocycles. The number of carboxylic acid groups (broad SMARTS) is 1. The molecule has 2 atom stereocenters. The summed E-state index contributed by atoms with van der Waals surface area (Å²) in [7, 11) is 0. The molecule has 1 saturated heterocycles. The Morgan fingerprint density at radius 3 is 2.45 bits per heavy atom. The van der Waals surface area contributed by atoms with Crippen LogP contribution in [0.15, 0.2) is 54.6 Å². The number of benzene rings is 2. The van der Waals surface area contributed by atoms with Crippen LogP contribution in [0.25, 0.3) is 0 Å². The van der Waals surface area contributed by atoms with Crippen molar-refractivity contribution in [2.24, 2.45) is 11.8 Å². The predicted octanol–water partition coefficient (Wildman–Crippen LogP) is 2.40. The van der Waals surface area contributed by atoms with Crippen molar-refractivity contribution in [1.82, 2.24) is 10.2 Å². The van der Waals surface area contributed by atoms with Crippen molar-refractivity contribution >= 4 is 17.8 Å². The average molecular weight is 394 g/mol. The van der Waals surface area contributed by atoms with E-state index in [1.807, 2.05) is 61.5 Å². The summed E-state index contributed by atoms with van der Waals surface area (Å²) >= 11 is 0. The number of aryl methyl sites for hydroxylation is 1. The highest BCUT2D eigenvalue weighted by Gasteiger charge is 2.34. The molecule has 2 unspecified atom stereocenters. The first-order valence-electron chi connectivity index (χ1n) is 9.80. The van der Waals surface area contributed by atoms with Crippen LogP contribution in [0.3, 0.4) is 0 Å². The van der Waals surface area contributed by atoms with Crippen LogP contribution in [0.2, 0.25) is 0 Å². The number of hydrogen-bond donors (Lipinski definition) is 2. The number of carboxylic acids is 1. The highest BCUT2D eigenvalue weighted by Crippen LogP contribution is 2.21. The number of rotatable bonds is 8. The second-order valence-corrected chi connectivity index (χ2v) is 7.63. The van der Waals surface area contributed by atoms with Crippen molar-refractivity contribution < 1.29 is 19.5 Å². The van der Waals surface area contributed by atoms with Crippen molar-refractivity contribution in [3.63, 3.8) is 0 Å². The quantitative estimate of drug-likeness (QED) is 0.720. The Labute approximate surface area is 170 Å². The summed E-state index contributed by atoms with van der Waals surface area (Å²) in [4.78, 5) is 38.1. The lowest BCUT2D eigenvalue weighted by Crippen LogP contribution is -2.38. The fourth-order valence-corrected chi connectivity index (χ4v) is 3.53. The van der Waals surface area contributed by atoms with Gasteiger partial charge < -0.3 is 15.3 Å². The maximum Gasteiger partial charge on any atom is 0.308 e. The SMILES string of the molecule is Cc1ccc(CN2CC(C(=O)NCC(Cc3ccccc3)C(=O)O)CC2=O)cc1. The van der Waals surface area contributed by atoms with Gasteiger partial charge in [0.2, 0.25) is 11.8 Å². The van der Waals surface area contributed by atoms with Crippen LogP contribution in [0.1, 0.15) is 23.1 Å². The smallest absolute Gasteiger partial charge is 0.308 e. The number of hydrogen-bond acceptors (Lipinski definition) is 3. The monoisotopic (exact) mass is 394 g/mol. The molecule has 0 aromatic heterocycles. The summed E-state index contributed by atoms with van der Waals surface area (Å²) in [6, 6.07) is 17.3. The van der Waals surface area contributed by atoms with E-state index in [1.165, 1.54) is 0 Å². The summed E-state index contributed by atoms with van der Waals surface area (Å²) in [5, 5.41) is 12.2. The van der Waals surface area contributed by atoms with E-state index in [4.69, 9.17) is 0 Å². The van der Waals surface area contributed by atoms with Gasteiger partial charge in [0.05, 0.1) is 11.8 Å². The number of carbonyl (C=O) groups is 3. The molecular weight excluding hydrogens is 368 g/mol. The molecule has 6 nitrogen and oxygen atoms in total.